The number of benzene rings is 1. The van der Waals surface area contributed by atoms with Gasteiger partial charge in [0, 0.05) is 42.8 Å². The van der Waals surface area contributed by atoms with Crippen LogP contribution in [0.15, 0.2) is 30.6 Å². The Balaban J connectivity index is 1.97. The Bertz CT molecular complexity index is 608. The van der Waals surface area contributed by atoms with E-state index in [0.29, 0.717) is 0 Å². The summed E-state index contributed by atoms with van der Waals surface area (Å²) in [6.07, 6.45) is 3.82. The van der Waals surface area contributed by atoms with E-state index >= 15 is 0 Å². The third kappa shape index (κ3) is 2.18. The quantitative estimate of drug-likeness (QED) is 0.932. The Morgan fingerprint density at radius 1 is 1.35 bits per heavy atom. The highest BCUT2D eigenvalue weighted by molar-refractivity contribution is 5.56. The molecule has 5 heteroatoms. The summed E-state index contributed by atoms with van der Waals surface area (Å²) in [7, 11) is 1.85. The fourth-order valence-electron chi connectivity index (χ4n) is 2.75. The molecule has 1 unspecified atom stereocenters. The SMILES string of the molecule is CNC(C)c1c(F)cccc1N1CCn2ccnc2C1. The number of imidazole rings is 1. The van der Waals surface area contributed by atoms with Crippen LogP contribution >= 0.6 is 0 Å². The molecule has 4 nitrogen and oxygen atoms in total. The zero-order chi connectivity index (χ0) is 14.1. The zero-order valence-electron chi connectivity index (χ0n) is 11.8. The molecule has 1 aromatic carbocycles. The first-order valence-corrected chi connectivity index (χ1v) is 6.91. The topological polar surface area (TPSA) is 33.1 Å². The van der Waals surface area contributed by atoms with Crippen molar-refractivity contribution in [3.05, 3.63) is 47.8 Å². The maximum absolute atomic E-state index is 14.2. The maximum atomic E-state index is 14.2. The van der Waals surface area contributed by atoms with E-state index in [-0.39, 0.29) is 11.9 Å². The lowest BCUT2D eigenvalue weighted by Gasteiger charge is -2.32. The predicted molar refractivity (Wildman–Crippen MR) is 77.2 cm³/mol. The first-order valence-electron chi connectivity index (χ1n) is 6.91. The maximum Gasteiger partial charge on any atom is 0.130 e. The molecule has 1 aliphatic rings. The standard InChI is InChI=1S/C15H19FN4/c1-11(17-2)15-12(16)4-3-5-13(15)20-9-8-19-7-6-18-14(19)10-20/h3-7,11,17H,8-10H2,1-2H3. The number of nitrogens with zero attached hydrogens (tertiary/aromatic N) is 3. The van der Waals surface area contributed by atoms with E-state index in [9.17, 15) is 4.39 Å². The molecule has 1 aliphatic heterocycles. The molecule has 0 aliphatic carbocycles. The Kier molecular flexibility index (Phi) is 3.44. The van der Waals surface area contributed by atoms with Crippen molar-refractivity contribution in [3.8, 4) is 0 Å². The second-order valence-corrected chi connectivity index (χ2v) is 5.14. The highest BCUT2D eigenvalue weighted by Crippen LogP contribution is 2.30. The summed E-state index contributed by atoms with van der Waals surface area (Å²) in [5, 5.41) is 3.13. The van der Waals surface area contributed by atoms with Gasteiger partial charge in [0.05, 0.1) is 6.54 Å². The van der Waals surface area contributed by atoms with Crippen LogP contribution in [0.4, 0.5) is 10.1 Å². The third-order valence-corrected chi connectivity index (χ3v) is 3.98. The largest absolute Gasteiger partial charge is 0.362 e. The molecular formula is C15H19FN4. The van der Waals surface area contributed by atoms with Gasteiger partial charge in [-0.25, -0.2) is 9.37 Å². The zero-order valence-corrected chi connectivity index (χ0v) is 11.8. The van der Waals surface area contributed by atoms with Crippen LogP contribution in [0.25, 0.3) is 0 Å². The first kappa shape index (κ1) is 13.1. The van der Waals surface area contributed by atoms with Gasteiger partial charge in [-0.15, -0.1) is 0 Å². The summed E-state index contributed by atoms with van der Waals surface area (Å²) < 4.78 is 16.3. The number of rotatable bonds is 3. The van der Waals surface area contributed by atoms with Crippen molar-refractivity contribution in [1.82, 2.24) is 14.9 Å². The van der Waals surface area contributed by atoms with Gasteiger partial charge >= 0.3 is 0 Å². The number of hydrogen-bond acceptors (Lipinski definition) is 3. The van der Waals surface area contributed by atoms with E-state index in [0.717, 1.165) is 36.7 Å². The lowest BCUT2D eigenvalue weighted by atomic mass is 10.0. The van der Waals surface area contributed by atoms with Crippen molar-refractivity contribution in [2.75, 3.05) is 18.5 Å². The predicted octanol–water partition coefficient (Wildman–Crippen LogP) is 2.32. The lowest BCUT2D eigenvalue weighted by Crippen LogP contribution is -2.35. The van der Waals surface area contributed by atoms with Crippen LogP contribution in [0.2, 0.25) is 0 Å². The molecule has 106 valence electrons. The number of nitrogens with one attached hydrogen (secondary N) is 1. The van der Waals surface area contributed by atoms with E-state index in [1.54, 1.807) is 6.07 Å². The molecule has 0 saturated heterocycles. The van der Waals surface area contributed by atoms with Crippen molar-refractivity contribution < 1.29 is 4.39 Å². The molecule has 1 atom stereocenters. The highest BCUT2D eigenvalue weighted by Gasteiger charge is 2.22. The van der Waals surface area contributed by atoms with Crippen LogP contribution in [0.3, 0.4) is 0 Å². The Hall–Kier alpha value is -1.88. The summed E-state index contributed by atoms with van der Waals surface area (Å²) in [6.45, 7) is 4.46. The van der Waals surface area contributed by atoms with E-state index in [1.807, 2.05) is 32.4 Å². The Morgan fingerprint density at radius 3 is 3.00 bits per heavy atom. The third-order valence-electron chi connectivity index (χ3n) is 3.98. The van der Waals surface area contributed by atoms with Gasteiger partial charge in [-0.05, 0) is 26.1 Å². The highest BCUT2D eigenvalue weighted by atomic mass is 19.1. The number of anilines is 1. The van der Waals surface area contributed by atoms with Gasteiger partial charge < -0.3 is 14.8 Å². The molecule has 20 heavy (non-hydrogen) atoms. The molecular weight excluding hydrogens is 255 g/mol. The average molecular weight is 274 g/mol. The van der Waals surface area contributed by atoms with E-state index in [1.165, 1.54) is 6.07 Å². The minimum absolute atomic E-state index is 0.0205. The first-order chi connectivity index (χ1) is 9.70. The van der Waals surface area contributed by atoms with Crippen LogP contribution in [0.5, 0.6) is 0 Å². The summed E-state index contributed by atoms with van der Waals surface area (Å²) in [6, 6.07) is 5.27. The van der Waals surface area contributed by atoms with Gasteiger partial charge in [0.25, 0.3) is 0 Å². The van der Waals surface area contributed by atoms with Gasteiger partial charge in [-0.2, -0.15) is 0 Å². The number of aromatic nitrogens is 2. The number of halogens is 1. The number of hydrogen-bond donors (Lipinski definition) is 1. The van der Waals surface area contributed by atoms with E-state index < -0.39 is 0 Å². The molecule has 0 bridgehead atoms. The second-order valence-electron chi connectivity index (χ2n) is 5.14. The lowest BCUT2D eigenvalue weighted by molar-refractivity contribution is 0.537. The van der Waals surface area contributed by atoms with Gasteiger partial charge in [-0.3, -0.25) is 0 Å². The van der Waals surface area contributed by atoms with Gasteiger partial charge in [0.2, 0.25) is 0 Å². The van der Waals surface area contributed by atoms with Crippen molar-refractivity contribution in [2.24, 2.45) is 0 Å². The molecule has 1 N–H and O–H groups in total. The normalized spacial score (nSPS) is 16.1. The summed E-state index contributed by atoms with van der Waals surface area (Å²) >= 11 is 0. The number of fused-ring (bicyclic) bond motifs is 1. The Morgan fingerprint density at radius 2 is 2.20 bits per heavy atom. The minimum atomic E-state index is -0.154. The Labute approximate surface area is 118 Å². The van der Waals surface area contributed by atoms with Crippen LogP contribution in [-0.4, -0.2) is 23.1 Å². The molecule has 0 spiro atoms. The summed E-state index contributed by atoms with van der Waals surface area (Å²) in [4.78, 5) is 6.56. The molecule has 0 saturated carbocycles. The van der Waals surface area contributed by atoms with Crippen LogP contribution in [-0.2, 0) is 13.1 Å². The van der Waals surface area contributed by atoms with Crippen LogP contribution in [0, 0.1) is 5.82 Å². The van der Waals surface area contributed by atoms with Crippen molar-refractivity contribution in [1.29, 1.82) is 0 Å². The molecule has 2 aromatic rings. The van der Waals surface area contributed by atoms with Gasteiger partial charge in [-0.1, -0.05) is 6.07 Å². The fraction of sp³-hybridized carbons (Fsp3) is 0.400. The molecule has 1 aromatic heterocycles. The smallest absolute Gasteiger partial charge is 0.130 e. The van der Waals surface area contributed by atoms with E-state index in [4.69, 9.17) is 0 Å². The van der Waals surface area contributed by atoms with Crippen molar-refractivity contribution >= 4 is 5.69 Å². The minimum Gasteiger partial charge on any atom is -0.362 e. The summed E-state index contributed by atoms with van der Waals surface area (Å²) in [5.41, 5.74) is 1.69. The van der Waals surface area contributed by atoms with Crippen LogP contribution in [0.1, 0.15) is 24.4 Å². The molecule has 0 fully saturated rings. The van der Waals surface area contributed by atoms with Crippen molar-refractivity contribution in [3.63, 3.8) is 0 Å². The van der Waals surface area contributed by atoms with Crippen molar-refractivity contribution in [2.45, 2.75) is 26.1 Å². The average Bonchev–Trinajstić information content (AvgIpc) is 2.93. The molecule has 0 amide bonds. The van der Waals surface area contributed by atoms with E-state index in [2.05, 4.69) is 19.8 Å². The van der Waals surface area contributed by atoms with Gasteiger partial charge in [0.15, 0.2) is 0 Å². The second kappa shape index (κ2) is 5.25. The monoisotopic (exact) mass is 274 g/mol. The summed E-state index contributed by atoms with van der Waals surface area (Å²) in [5.74, 6) is 0.877. The molecule has 0 radical (unpaired) electrons. The molecule has 3 rings (SSSR count). The van der Waals surface area contributed by atoms with Gasteiger partial charge in [0.1, 0.15) is 11.6 Å². The molecule has 2 heterocycles. The fourth-order valence-corrected chi connectivity index (χ4v) is 2.75. The van der Waals surface area contributed by atoms with Crippen LogP contribution < -0.4 is 10.2 Å².